The van der Waals surface area contributed by atoms with Crippen molar-refractivity contribution in [3.8, 4) is 0 Å². The molecule has 1 N–H and O–H groups in total. The number of carbonyl (C=O) groups excluding carboxylic acids is 1. The van der Waals surface area contributed by atoms with E-state index in [9.17, 15) is 9.59 Å². The van der Waals surface area contributed by atoms with Crippen molar-refractivity contribution in [2.75, 3.05) is 11.1 Å². The van der Waals surface area contributed by atoms with E-state index in [0.717, 1.165) is 35.7 Å². The Balaban J connectivity index is 1.37. The van der Waals surface area contributed by atoms with E-state index in [1.54, 1.807) is 4.57 Å². The number of aromatic nitrogens is 2. The average molecular weight is 470 g/mol. The van der Waals surface area contributed by atoms with Crippen molar-refractivity contribution < 1.29 is 4.79 Å². The Hall–Kier alpha value is -3.38. The number of rotatable bonds is 7. The zero-order valence-electron chi connectivity index (χ0n) is 19.0. The van der Waals surface area contributed by atoms with Gasteiger partial charge in [0.2, 0.25) is 5.91 Å². The van der Waals surface area contributed by atoms with Crippen LogP contribution in [0.5, 0.6) is 0 Å². The maximum absolute atomic E-state index is 13.3. The number of hydrogen-bond donors (Lipinski definition) is 1. The number of nitrogens with one attached hydrogen (secondary N) is 1. The fraction of sp³-hybridized carbons (Fsp3) is 0.250. The Morgan fingerprint density at radius 3 is 2.62 bits per heavy atom. The van der Waals surface area contributed by atoms with E-state index in [2.05, 4.69) is 11.4 Å². The number of allylic oxidation sites excluding steroid dienone is 2. The highest BCUT2D eigenvalue weighted by molar-refractivity contribution is 7.99. The van der Waals surface area contributed by atoms with E-state index < -0.39 is 0 Å². The lowest BCUT2D eigenvalue weighted by Crippen LogP contribution is -2.24. The summed E-state index contributed by atoms with van der Waals surface area (Å²) >= 11 is 1.32. The normalized spacial score (nSPS) is 13.7. The topological polar surface area (TPSA) is 64.0 Å². The van der Waals surface area contributed by atoms with Gasteiger partial charge in [0, 0.05) is 17.6 Å². The molecule has 5 rings (SSSR count). The van der Waals surface area contributed by atoms with E-state index in [1.165, 1.54) is 30.2 Å². The summed E-state index contributed by atoms with van der Waals surface area (Å²) in [5.74, 6) is 0.0572. The Bertz CT molecular complexity index is 1440. The predicted octanol–water partition coefficient (Wildman–Crippen LogP) is 6.17. The summed E-state index contributed by atoms with van der Waals surface area (Å²) in [6.45, 7) is 0.579. The van der Waals surface area contributed by atoms with Gasteiger partial charge in [-0.15, -0.1) is 0 Å². The third-order valence-electron chi connectivity index (χ3n) is 6.26. The lowest BCUT2D eigenvalue weighted by atomic mass is 9.97. The number of fused-ring (bicyclic) bond motifs is 2. The molecule has 0 aliphatic heterocycles. The van der Waals surface area contributed by atoms with Gasteiger partial charge in [0.25, 0.3) is 5.56 Å². The summed E-state index contributed by atoms with van der Waals surface area (Å²) in [4.78, 5) is 30.9. The van der Waals surface area contributed by atoms with Crippen molar-refractivity contribution in [1.82, 2.24) is 9.55 Å². The molecule has 1 heterocycles. The molecule has 34 heavy (non-hydrogen) atoms. The van der Waals surface area contributed by atoms with Crippen molar-refractivity contribution in [3.05, 3.63) is 88.7 Å². The van der Waals surface area contributed by atoms with Gasteiger partial charge in [0.05, 0.1) is 16.7 Å². The zero-order chi connectivity index (χ0) is 23.3. The monoisotopic (exact) mass is 469 g/mol. The van der Waals surface area contributed by atoms with E-state index in [-0.39, 0.29) is 17.2 Å². The highest BCUT2D eigenvalue weighted by Gasteiger charge is 2.15. The number of hydrogen-bond acceptors (Lipinski definition) is 4. The number of thioether (sulfide) groups is 1. The van der Waals surface area contributed by atoms with E-state index in [4.69, 9.17) is 4.98 Å². The fourth-order valence-corrected chi connectivity index (χ4v) is 5.32. The van der Waals surface area contributed by atoms with Gasteiger partial charge in [-0.05, 0) is 55.7 Å². The SMILES string of the molecule is O=C(CSc1nc2ccccc2c(=O)n1CCC1=CCCCC1)Nc1cccc2ccccc12. The van der Waals surface area contributed by atoms with E-state index in [0.29, 0.717) is 22.6 Å². The summed E-state index contributed by atoms with van der Waals surface area (Å²) in [5, 5.41) is 6.32. The van der Waals surface area contributed by atoms with Crippen LogP contribution in [0.2, 0.25) is 0 Å². The lowest BCUT2D eigenvalue weighted by molar-refractivity contribution is -0.113. The summed E-state index contributed by atoms with van der Waals surface area (Å²) in [5.41, 5.74) is 2.82. The number of nitrogens with zero attached hydrogens (tertiary/aromatic N) is 2. The Morgan fingerprint density at radius 2 is 1.76 bits per heavy atom. The van der Waals surface area contributed by atoms with Crippen LogP contribution in [0.1, 0.15) is 32.1 Å². The Morgan fingerprint density at radius 1 is 0.971 bits per heavy atom. The second-order valence-electron chi connectivity index (χ2n) is 8.59. The van der Waals surface area contributed by atoms with Gasteiger partial charge in [-0.1, -0.05) is 71.9 Å². The maximum Gasteiger partial charge on any atom is 0.262 e. The van der Waals surface area contributed by atoms with Crippen molar-refractivity contribution >= 4 is 45.0 Å². The average Bonchev–Trinajstić information content (AvgIpc) is 2.88. The minimum absolute atomic E-state index is 0.0426. The summed E-state index contributed by atoms with van der Waals surface area (Å²) in [7, 11) is 0. The van der Waals surface area contributed by atoms with Gasteiger partial charge in [-0.25, -0.2) is 4.98 Å². The third kappa shape index (κ3) is 4.92. The number of anilines is 1. The summed E-state index contributed by atoms with van der Waals surface area (Å²) < 4.78 is 1.74. The molecule has 1 amide bonds. The third-order valence-corrected chi connectivity index (χ3v) is 7.24. The lowest BCUT2D eigenvalue weighted by Gasteiger charge is -2.16. The van der Waals surface area contributed by atoms with Gasteiger partial charge in [0.15, 0.2) is 5.16 Å². The molecule has 0 unspecified atom stereocenters. The second-order valence-corrected chi connectivity index (χ2v) is 9.53. The molecule has 172 valence electrons. The molecule has 1 aliphatic rings. The molecule has 0 fully saturated rings. The molecule has 1 aromatic heterocycles. The molecule has 0 atom stereocenters. The van der Waals surface area contributed by atoms with Crippen LogP contribution in [-0.2, 0) is 11.3 Å². The molecular formula is C28H27N3O2S. The number of amides is 1. The number of benzene rings is 3. The van der Waals surface area contributed by atoms with Crippen LogP contribution in [0, 0.1) is 0 Å². The van der Waals surface area contributed by atoms with Gasteiger partial charge in [-0.2, -0.15) is 0 Å². The van der Waals surface area contributed by atoms with Crippen LogP contribution in [-0.4, -0.2) is 21.2 Å². The fourth-order valence-electron chi connectivity index (χ4n) is 4.49. The summed E-state index contributed by atoms with van der Waals surface area (Å²) in [6.07, 6.45) is 7.84. The largest absolute Gasteiger partial charge is 0.325 e. The predicted molar refractivity (Wildman–Crippen MR) is 140 cm³/mol. The highest BCUT2D eigenvalue weighted by atomic mass is 32.2. The minimum Gasteiger partial charge on any atom is -0.325 e. The highest BCUT2D eigenvalue weighted by Crippen LogP contribution is 2.25. The molecule has 6 heteroatoms. The van der Waals surface area contributed by atoms with Crippen LogP contribution in [0.25, 0.3) is 21.7 Å². The second kappa shape index (κ2) is 10.3. The molecular weight excluding hydrogens is 442 g/mol. The van der Waals surface area contributed by atoms with E-state index in [1.807, 2.05) is 66.7 Å². The molecule has 1 aliphatic carbocycles. The Kier molecular flexibility index (Phi) is 6.77. The van der Waals surface area contributed by atoms with Crippen molar-refractivity contribution in [1.29, 1.82) is 0 Å². The molecule has 0 saturated heterocycles. The molecule has 0 bridgehead atoms. The van der Waals surface area contributed by atoms with Crippen LogP contribution in [0.15, 0.2) is 88.3 Å². The van der Waals surface area contributed by atoms with Crippen molar-refractivity contribution in [3.63, 3.8) is 0 Å². The van der Waals surface area contributed by atoms with Crippen molar-refractivity contribution in [2.45, 2.75) is 43.8 Å². The van der Waals surface area contributed by atoms with E-state index >= 15 is 0 Å². The summed E-state index contributed by atoms with van der Waals surface area (Å²) in [6, 6.07) is 21.3. The first-order valence-electron chi connectivity index (χ1n) is 11.8. The molecule has 4 aromatic rings. The van der Waals surface area contributed by atoms with Gasteiger partial charge in [0.1, 0.15) is 0 Å². The molecule has 5 nitrogen and oxygen atoms in total. The van der Waals surface area contributed by atoms with Crippen LogP contribution in [0.3, 0.4) is 0 Å². The first-order chi connectivity index (χ1) is 16.7. The first kappa shape index (κ1) is 22.4. The molecule has 0 radical (unpaired) electrons. The first-order valence-corrected chi connectivity index (χ1v) is 12.8. The van der Waals surface area contributed by atoms with Crippen molar-refractivity contribution in [2.24, 2.45) is 0 Å². The maximum atomic E-state index is 13.3. The molecule has 0 spiro atoms. The smallest absolute Gasteiger partial charge is 0.262 e. The molecule has 0 saturated carbocycles. The quantitative estimate of drug-likeness (QED) is 0.200. The van der Waals surface area contributed by atoms with Gasteiger partial charge < -0.3 is 5.32 Å². The molecule has 3 aromatic carbocycles. The number of para-hydroxylation sites is 1. The van der Waals surface area contributed by atoms with Gasteiger partial charge in [-0.3, -0.25) is 14.2 Å². The minimum atomic E-state index is -0.120. The Labute approximate surface area is 202 Å². The van der Waals surface area contributed by atoms with Crippen LogP contribution >= 0.6 is 11.8 Å². The number of carbonyl (C=O) groups is 1. The standard InChI is InChI=1S/C28H27N3O2S/c32-26(29-24-16-8-12-21-11-4-5-13-22(21)24)19-34-28-30-25-15-7-6-14-23(25)27(33)31(28)18-17-20-9-2-1-3-10-20/h4-9,11-16H,1-3,10,17-19H2,(H,29,32). The zero-order valence-corrected chi connectivity index (χ0v) is 19.8. The van der Waals surface area contributed by atoms with Gasteiger partial charge >= 0.3 is 0 Å². The van der Waals surface area contributed by atoms with Crippen LogP contribution in [0.4, 0.5) is 5.69 Å². The van der Waals surface area contributed by atoms with Crippen LogP contribution < -0.4 is 10.9 Å².